The molecule has 1 aromatic carbocycles. The molecule has 0 radical (unpaired) electrons. The number of nitrogens with two attached hydrogens (primary N) is 1. The number of methoxy groups -OCH3 is 1. The van der Waals surface area contributed by atoms with Gasteiger partial charge in [-0.2, -0.15) is 9.78 Å². The van der Waals surface area contributed by atoms with E-state index in [0.717, 1.165) is 25.8 Å². The summed E-state index contributed by atoms with van der Waals surface area (Å²) in [5, 5.41) is 19.5. The molecule has 178 valence electrons. The monoisotopic (exact) mass is 467 g/mol. The molecule has 0 saturated carbocycles. The summed E-state index contributed by atoms with van der Waals surface area (Å²) >= 11 is 0. The fourth-order valence-corrected chi connectivity index (χ4v) is 3.75. The van der Waals surface area contributed by atoms with Gasteiger partial charge in [0.2, 0.25) is 11.6 Å². The molecule has 3 aromatic rings. The van der Waals surface area contributed by atoms with Crippen molar-refractivity contribution in [2.75, 3.05) is 19.4 Å². The largest absolute Gasteiger partial charge is 0.465 e. The Kier molecular flexibility index (Phi) is 6.92. The first kappa shape index (κ1) is 23.0. The van der Waals surface area contributed by atoms with Crippen LogP contribution in [0.3, 0.4) is 0 Å². The van der Waals surface area contributed by atoms with Crippen molar-refractivity contribution in [3.8, 4) is 5.82 Å². The highest BCUT2D eigenvalue weighted by molar-refractivity contribution is 5.94. The van der Waals surface area contributed by atoms with Crippen LogP contribution in [0.1, 0.15) is 58.3 Å². The van der Waals surface area contributed by atoms with E-state index < -0.39 is 11.9 Å². The van der Waals surface area contributed by atoms with Gasteiger partial charge in [-0.15, -0.1) is 5.10 Å². The van der Waals surface area contributed by atoms with Crippen LogP contribution >= 0.6 is 0 Å². The maximum atomic E-state index is 12.9. The average Bonchev–Trinajstić information content (AvgIpc) is 3.46. The van der Waals surface area contributed by atoms with Gasteiger partial charge in [-0.25, -0.2) is 14.8 Å². The van der Waals surface area contributed by atoms with Crippen LogP contribution < -0.4 is 11.2 Å². The molecule has 0 aliphatic carbocycles. The first-order chi connectivity index (χ1) is 16.5. The third kappa shape index (κ3) is 4.93. The van der Waals surface area contributed by atoms with Crippen molar-refractivity contribution < 1.29 is 19.0 Å². The smallest absolute Gasteiger partial charge is 0.337 e. The minimum Gasteiger partial charge on any atom is -0.465 e. The van der Waals surface area contributed by atoms with Gasteiger partial charge in [-0.3, -0.25) is 9.69 Å². The minimum absolute atomic E-state index is 0.0400. The highest BCUT2D eigenvalue weighted by Gasteiger charge is 2.28. The van der Waals surface area contributed by atoms with Crippen molar-refractivity contribution in [1.82, 2.24) is 35.6 Å². The van der Waals surface area contributed by atoms with E-state index in [0.29, 0.717) is 29.4 Å². The summed E-state index contributed by atoms with van der Waals surface area (Å²) in [5.74, 6) is -0.764. The molecule has 3 N–H and O–H groups in total. The van der Waals surface area contributed by atoms with Crippen LogP contribution in [-0.2, 0) is 11.3 Å². The van der Waals surface area contributed by atoms with Crippen LogP contribution in [0.4, 0.5) is 5.82 Å². The van der Waals surface area contributed by atoms with E-state index in [-0.39, 0.29) is 17.3 Å². The zero-order chi connectivity index (χ0) is 24.1. The first-order valence-corrected chi connectivity index (χ1v) is 10.8. The molecule has 1 aliphatic heterocycles. The summed E-state index contributed by atoms with van der Waals surface area (Å²) in [7, 11) is 1.32. The predicted octanol–water partition coefficient (Wildman–Crippen LogP) is 1.16. The molecule has 3 heterocycles. The van der Waals surface area contributed by atoms with E-state index >= 15 is 0 Å². The van der Waals surface area contributed by atoms with Gasteiger partial charge in [0, 0.05) is 12.6 Å². The summed E-state index contributed by atoms with van der Waals surface area (Å²) in [6.45, 7) is 3.45. The molecule has 34 heavy (non-hydrogen) atoms. The Morgan fingerprint density at radius 1 is 1.29 bits per heavy atom. The van der Waals surface area contributed by atoms with E-state index in [1.54, 1.807) is 24.3 Å². The van der Waals surface area contributed by atoms with Crippen molar-refractivity contribution in [3.63, 3.8) is 0 Å². The standard InChI is InChI=1S/C21H25N9O4/c1-13-5-3-4-10-29(13)12-16-17(24-28-30(16)19-18(22)26-34-27-19)20(31)25-23-11-14-6-8-15(9-7-14)21(32)33-2/h6-9,11,13H,3-5,10,12H2,1-2H3,(H2,22,26)(H,25,31). The molecule has 4 rings (SSSR count). The number of esters is 1. The van der Waals surface area contributed by atoms with Gasteiger partial charge in [0.1, 0.15) is 0 Å². The number of amides is 1. The van der Waals surface area contributed by atoms with Crippen LogP contribution in [0.15, 0.2) is 34.0 Å². The lowest BCUT2D eigenvalue weighted by molar-refractivity contribution is 0.0600. The van der Waals surface area contributed by atoms with Crippen LogP contribution in [0.5, 0.6) is 0 Å². The molecule has 2 aromatic heterocycles. The number of rotatable bonds is 7. The number of hydrogen-bond donors (Lipinski definition) is 2. The second-order valence-electron chi connectivity index (χ2n) is 7.90. The molecule has 1 aliphatic rings. The van der Waals surface area contributed by atoms with Crippen LogP contribution in [0.2, 0.25) is 0 Å². The Morgan fingerprint density at radius 2 is 2.09 bits per heavy atom. The topological polar surface area (TPSA) is 167 Å². The van der Waals surface area contributed by atoms with Crippen LogP contribution in [0.25, 0.3) is 5.82 Å². The summed E-state index contributed by atoms with van der Waals surface area (Å²) in [6.07, 6.45) is 4.75. The number of benzene rings is 1. The Balaban J connectivity index is 1.53. The third-order valence-electron chi connectivity index (χ3n) is 5.68. The number of piperidine rings is 1. The molecule has 1 amide bonds. The van der Waals surface area contributed by atoms with E-state index in [9.17, 15) is 9.59 Å². The van der Waals surface area contributed by atoms with Crippen molar-refractivity contribution in [3.05, 3.63) is 46.8 Å². The summed E-state index contributed by atoms with van der Waals surface area (Å²) in [6, 6.07) is 6.92. The molecule has 13 nitrogen and oxygen atoms in total. The Labute approximate surface area is 194 Å². The van der Waals surface area contributed by atoms with E-state index in [1.807, 2.05) is 0 Å². The summed E-state index contributed by atoms with van der Waals surface area (Å²) in [4.78, 5) is 26.7. The van der Waals surface area contributed by atoms with Crippen LogP contribution in [0, 0.1) is 0 Å². The molecule has 0 spiro atoms. The predicted molar refractivity (Wildman–Crippen MR) is 120 cm³/mol. The highest BCUT2D eigenvalue weighted by Crippen LogP contribution is 2.22. The number of nitrogens with zero attached hydrogens (tertiary/aromatic N) is 7. The maximum absolute atomic E-state index is 12.9. The summed E-state index contributed by atoms with van der Waals surface area (Å²) in [5.41, 5.74) is 10.0. The van der Waals surface area contributed by atoms with Crippen LogP contribution in [-0.4, -0.2) is 68.0 Å². The lowest BCUT2D eigenvalue weighted by atomic mass is 10.0. The van der Waals surface area contributed by atoms with E-state index in [4.69, 9.17) is 10.4 Å². The maximum Gasteiger partial charge on any atom is 0.337 e. The number of nitrogens with one attached hydrogen (secondary N) is 1. The molecule has 13 heteroatoms. The van der Waals surface area contributed by atoms with Crippen molar-refractivity contribution >= 4 is 23.9 Å². The normalized spacial score (nSPS) is 16.6. The third-order valence-corrected chi connectivity index (χ3v) is 5.68. The molecule has 1 saturated heterocycles. The molecule has 1 fully saturated rings. The van der Waals surface area contributed by atoms with Gasteiger partial charge in [-0.1, -0.05) is 23.8 Å². The lowest BCUT2D eigenvalue weighted by Gasteiger charge is -2.33. The summed E-state index contributed by atoms with van der Waals surface area (Å²) < 4.78 is 10.7. The number of carbonyl (C=O) groups excluding carboxylic acids is 2. The number of ether oxygens (including phenoxy) is 1. The minimum atomic E-state index is -0.539. The zero-order valence-corrected chi connectivity index (χ0v) is 18.8. The van der Waals surface area contributed by atoms with E-state index in [2.05, 4.69) is 47.7 Å². The number of likely N-dealkylation sites (tertiary alicyclic amines) is 1. The first-order valence-electron chi connectivity index (χ1n) is 10.8. The number of hydrogen-bond acceptors (Lipinski definition) is 11. The fraction of sp³-hybridized carbons (Fsp3) is 0.381. The van der Waals surface area contributed by atoms with Gasteiger partial charge in [0.25, 0.3) is 5.91 Å². The Morgan fingerprint density at radius 3 is 2.76 bits per heavy atom. The fourth-order valence-electron chi connectivity index (χ4n) is 3.75. The van der Waals surface area contributed by atoms with E-state index in [1.165, 1.54) is 18.0 Å². The Bertz CT molecular complexity index is 1190. The number of carbonyl (C=O) groups is 2. The number of nitrogen functional groups attached to an aromatic ring is 1. The van der Waals surface area contributed by atoms with Crippen molar-refractivity contribution in [1.29, 1.82) is 0 Å². The second kappa shape index (κ2) is 10.2. The van der Waals surface area contributed by atoms with Crippen molar-refractivity contribution in [2.45, 2.75) is 38.8 Å². The molecule has 1 atom stereocenters. The number of hydrazone groups is 1. The number of anilines is 1. The molecule has 0 bridgehead atoms. The molecular formula is C21H25N9O4. The second-order valence-corrected chi connectivity index (χ2v) is 7.90. The number of aromatic nitrogens is 5. The average molecular weight is 467 g/mol. The molecular weight excluding hydrogens is 442 g/mol. The Hall–Kier alpha value is -4.13. The zero-order valence-electron chi connectivity index (χ0n) is 18.8. The molecule has 1 unspecified atom stereocenters. The van der Waals surface area contributed by atoms with Crippen molar-refractivity contribution in [2.24, 2.45) is 5.10 Å². The van der Waals surface area contributed by atoms with Gasteiger partial charge < -0.3 is 10.5 Å². The van der Waals surface area contributed by atoms with Gasteiger partial charge >= 0.3 is 5.97 Å². The SMILES string of the molecule is COC(=O)c1ccc(C=NNC(=O)c2nnn(-c3nonc3N)c2CN2CCCCC2C)cc1. The van der Waals surface area contributed by atoms with Gasteiger partial charge in [0.15, 0.2) is 5.69 Å². The van der Waals surface area contributed by atoms with Gasteiger partial charge in [-0.05, 0) is 54.3 Å². The van der Waals surface area contributed by atoms with Gasteiger partial charge in [0.05, 0.1) is 24.6 Å². The quantitative estimate of drug-likeness (QED) is 0.292. The lowest BCUT2D eigenvalue weighted by Crippen LogP contribution is -2.38. The highest BCUT2D eigenvalue weighted by atomic mass is 16.6.